The van der Waals surface area contributed by atoms with E-state index in [9.17, 15) is 0 Å². The molecule has 1 aliphatic rings. The zero-order valence-electron chi connectivity index (χ0n) is 21.1. The Balaban J connectivity index is 1.52. The first-order valence-electron chi connectivity index (χ1n) is 13.0. The molecule has 0 atom stereocenters. The number of halogens is 1. The Morgan fingerprint density at radius 1 is 1.03 bits per heavy atom. The molecule has 0 aliphatic carbocycles. The first-order valence-corrected chi connectivity index (χ1v) is 14.2. The van der Waals surface area contributed by atoms with E-state index in [2.05, 4.69) is 67.2 Å². The number of rotatable bonds is 5. The van der Waals surface area contributed by atoms with E-state index in [1.54, 1.807) is 11.3 Å². The Morgan fingerprint density at radius 3 is 2.50 bits per heavy atom. The van der Waals surface area contributed by atoms with Gasteiger partial charge in [-0.25, -0.2) is 4.98 Å². The summed E-state index contributed by atoms with van der Waals surface area (Å²) in [6.07, 6.45) is 3.27. The Labute approximate surface area is 221 Å². The molecular formula is C30H31ClN4S. The Bertz CT molecular complexity index is 1560. The molecule has 1 saturated heterocycles. The Hall–Kier alpha value is -2.73. The molecule has 6 rings (SSSR count). The van der Waals surface area contributed by atoms with Crippen molar-refractivity contribution in [1.29, 1.82) is 0 Å². The van der Waals surface area contributed by atoms with Gasteiger partial charge in [-0.2, -0.15) is 5.10 Å². The van der Waals surface area contributed by atoms with Crippen LogP contribution in [0.2, 0.25) is 5.02 Å². The average molecular weight is 515 g/mol. The van der Waals surface area contributed by atoms with Crippen LogP contribution in [-0.2, 0) is 13.0 Å². The molecular weight excluding hydrogens is 484 g/mol. The number of hydrogen-bond acceptors (Lipinski definition) is 4. The molecule has 0 amide bonds. The number of aromatic nitrogens is 3. The molecule has 0 saturated carbocycles. The fourth-order valence-electron chi connectivity index (χ4n) is 5.71. The number of aryl methyl sites for hydroxylation is 2. The summed E-state index contributed by atoms with van der Waals surface area (Å²) in [6, 6.07) is 17.3. The molecule has 3 heterocycles. The molecule has 184 valence electrons. The van der Waals surface area contributed by atoms with Gasteiger partial charge in [0.2, 0.25) is 0 Å². The van der Waals surface area contributed by atoms with Gasteiger partial charge in [0.15, 0.2) is 0 Å². The molecule has 5 aromatic rings. The van der Waals surface area contributed by atoms with Gasteiger partial charge in [-0.3, -0.25) is 4.68 Å². The van der Waals surface area contributed by atoms with Crippen molar-refractivity contribution >= 4 is 44.1 Å². The van der Waals surface area contributed by atoms with Crippen molar-refractivity contribution in [1.82, 2.24) is 20.1 Å². The molecule has 0 bridgehead atoms. The van der Waals surface area contributed by atoms with Crippen molar-refractivity contribution in [3.63, 3.8) is 0 Å². The average Bonchev–Trinajstić information content (AvgIpc) is 3.50. The van der Waals surface area contributed by atoms with Gasteiger partial charge in [-0.05, 0) is 99.3 Å². The lowest BCUT2D eigenvalue weighted by molar-refractivity contribution is 0.450. The molecule has 1 aliphatic heterocycles. The fraction of sp³-hybridized carbons (Fsp3) is 0.333. The largest absolute Gasteiger partial charge is 0.317 e. The van der Waals surface area contributed by atoms with Crippen molar-refractivity contribution in [2.75, 3.05) is 13.1 Å². The number of nitrogens with zero attached hydrogens (tertiary/aromatic N) is 3. The van der Waals surface area contributed by atoms with Gasteiger partial charge in [0.05, 0.1) is 21.4 Å². The minimum absolute atomic E-state index is 0.512. The number of fused-ring (bicyclic) bond motifs is 2. The van der Waals surface area contributed by atoms with Crippen LogP contribution in [0.3, 0.4) is 0 Å². The van der Waals surface area contributed by atoms with Crippen molar-refractivity contribution < 1.29 is 0 Å². The van der Waals surface area contributed by atoms with E-state index in [0.29, 0.717) is 5.92 Å². The summed E-state index contributed by atoms with van der Waals surface area (Å²) in [5.41, 5.74) is 9.89. The summed E-state index contributed by atoms with van der Waals surface area (Å²) >= 11 is 8.01. The van der Waals surface area contributed by atoms with Gasteiger partial charge < -0.3 is 5.32 Å². The van der Waals surface area contributed by atoms with Crippen LogP contribution in [0.5, 0.6) is 0 Å². The van der Waals surface area contributed by atoms with Gasteiger partial charge in [0.25, 0.3) is 0 Å². The summed E-state index contributed by atoms with van der Waals surface area (Å²) in [7, 11) is 0. The third-order valence-electron chi connectivity index (χ3n) is 7.55. The molecule has 0 unspecified atom stereocenters. The Morgan fingerprint density at radius 2 is 1.78 bits per heavy atom. The van der Waals surface area contributed by atoms with Gasteiger partial charge >= 0.3 is 0 Å². The predicted octanol–water partition coefficient (Wildman–Crippen LogP) is 7.99. The van der Waals surface area contributed by atoms with E-state index in [4.69, 9.17) is 21.7 Å². The summed E-state index contributed by atoms with van der Waals surface area (Å²) < 4.78 is 3.40. The van der Waals surface area contributed by atoms with Crippen LogP contribution >= 0.6 is 22.9 Å². The first-order chi connectivity index (χ1) is 17.6. The third-order valence-corrected chi connectivity index (χ3v) is 8.94. The van der Waals surface area contributed by atoms with Gasteiger partial charge in [0.1, 0.15) is 5.01 Å². The number of piperidine rings is 1. The molecule has 1 N–H and O–H groups in total. The zero-order valence-corrected chi connectivity index (χ0v) is 22.6. The van der Waals surface area contributed by atoms with Crippen LogP contribution in [-0.4, -0.2) is 27.9 Å². The number of thiazole rings is 1. The normalized spacial score (nSPS) is 14.8. The van der Waals surface area contributed by atoms with Gasteiger partial charge in [0, 0.05) is 34.0 Å². The van der Waals surface area contributed by atoms with E-state index in [1.165, 1.54) is 49.1 Å². The summed E-state index contributed by atoms with van der Waals surface area (Å²) in [5, 5.41) is 11.7. The summed E-state index contributed by atoms with van der Waals surface area (Å²) in [4.78, 5) is 5.15. The number of nitrogens with one attached hydrogen (secondary N) is 1. The van der Waals surface area contributed by atoms with Crippen LogP contribution in [0.15, 0.2) is 48.5 Å². The first kappa shape index (κ1) is 23.7. The minimum Gasteiger partial charge on any atom is -0.317 e. The van der Waals surface area contributed by atoms with Crippen LogP contribution in [0.25, 0.3) is 42.8 Å². The van der Waals surface area contributed by atoms with E-state index in [1.807, 2.05) is 12.1 Å². The maximum Gasteiger partial charge on any atom is 0.124 e. The smallest absolute Gasteiger partial charge is 0.124 e. The number of hydrogen-bond donors (Lipinski definition) is 1. The zero-order chi connectivity index (χ0) is 24.8. The second-order valence-electron chi connectivity index (χ2n) is 9.73. The lowest BCUT2D eigenvalue weighted by Gasteiger charge is -2.21. The van der Waals surface area contributed by atoms with Crippen molar-refractivity contribution in [3.05, 3.63) is 70.4 Å². The van der Waals surface area contributed by atoms with E-state index in [0.717, 1.165) is 54.4 Å². The summed E-state index contributed by atoms with van der Waals surface area (Å²) in [5.74, 6) is 0.512. The van der Waals surface area contributed by atoms with Crippen LogP contribution in [0, 0.1) is 6.92 Å². The highest BCUT2D eigenvalue weighted by molar-refractivity contribution is 7.22. The lowest BCUT2D eigenvalue weighted by atomic mass is 9.92. The predicted molar refractivity (Wildman–Crippen MR) is 153 cm³/mol. The maximum absolute atomic E-state index is 6.22. The SMILES string of the molecule is CCc1c(C)cc2nc(-c3ccc4c(c3)c(C3CCNCC3)nn4CC)sc2c1-c1ccc(Cl)cc1. The van der Waals surface area contributed by atoms with Crippen LogP contribution < -0.4 is 5.32 Å². The molecule has 3 aromatic carbocycles. The van der Waals surface area contributed by atoms with Gasteiger partial charge in [-0.15, -0.1) is 11.3 Å². The van der Waals surface area contributed by atoms with Crippen LogP contribution in [0.1, 0.15) is 49.4 Å². The van der Waals surface area contributed by atoms with E-state index in [-0.39, 0.29) is 0 Å². The monoisotopic (exact) mass is 514 g/mol. The maximum atomic E-state index is 6.22. The van der Waals surface area contributed by atoms with Crippen molar-refractivity contribution in [2.24, 2.45) is 0 Å². The third kappa shape index (κ3) is 4.03. The second-order valence-corrected chi connectivity index (χ2v) is 11.2. The number of benzene rings is 3. The summed E-state index contributed by atoms with van der Waals surface area (Å²) in [6.45, 7) is 9.62. The quantitative estimate of drug-likeness (QED) is 0.258. The fourth-order valence-corrected chi connectivity index (χ4v) is 6.97. The highest BCUT2D eigenvalue weighted by Gasteiger charge is 2.23. The van der Waals surface area contributed by atoms with Crippen molar-refractivity contribution in [2.45, 2.75) is 52.5 Å². The molecule has 4 nitrogen and oxygen atoms in total. The molecule has 1 fully saturated rings. The molecule has 0 radical (unpaired) electrons. The lowest BCUT2D eigenvalue weighted by Crippen LogP contribution is -2.27. The molecule has 0 spiro atoms. The molecule has 36 heavy (non-hydrogen) atoms. The van der Waals surface area contributed by atoms with E-state index < -0.39 is 0 Å². The highest BCUT2D eigenvalue weighted by Crippen LogP contribution is 2.42. The molecule has 2 aromatic heterocycles. The standard InChI is InChI=1S/C30H31ClN4S/c1-4-23-18(3)16-25-29(27(23)19-6-9-22(31)10-7-19)36-30(33-25)21-8-11-26-24(17-21)28(34-35(26)5-2)20-12-14-32-15-13-20/h6-11,16-17,20,32H,4-5,12-15H2,1-3H3. The van der Waals surface area contributed by atoms with Crippen molar-refractivity contribution in [3.8, 4) is 21.7 Å². The van der Waals surface area contributed by atoms with E-state index >= 15 is 0 Å². The van der Waals surface area contributed by atoms with Gasteiger partial charge in [-0.1, -0.05) is 30.7 Å². The minimum atomic E-state index is 0.512. The molecule has 6 heteroatoms. The second kappa shape index (κ2) is 9.62. The topological polar surface area (TPSA) is 42.7 Å². The highest BCUT2D eigenvalue weighted by atomic mass is 35.5. The van der Waals surface area contributed by atoms with Crippen LogP contribution in [0.4, 0.5) is 0 Å². The Kier molecular flexibility index (Phi) is 6.32.